The van der Waals surface area contributed by atoms with E-state index in [0.29, 0.717) is 0 Å². The summed E-state index contributed by atoms with van der Waals surface area (Å²) in [5.41, 5.74) is 5.06. The third-order valence-electron chi connectivity index (χ3n) is 4.64. The molecule has 0 atom stereocenters. The van der Waals surface area contributed by atoms with Gasteiger partial charge in [-0.2, -0.15) is 0 Å². The number of aromatic nitrogens is 7. The van der Waals surface area contributed by atoms with Gasteiger partial charge in [-0.05, 0) is 48.7 Å². The van der Waals surface area contributed by atoms with Crippen molar-refractivity contribution in [2.24, 2.45) is 0 Å². The van der Waals surface area contributed by atoms with E-state index >= 15 is 0 Å². The van der Waals surface area contributed by atoms with Crippen molar-refractivity contribution in [1.29, 1.82) is 0 Å². The van der Waals surface area contributed by atoms with Crippen LogP contribution >= 0.6 is 0 Å². The molecule has 5 rings (SSSR count). The normalized spacial score (nSPS) is 11.5. The van der Waals surface area contributed by atoms with Gasteiger partial charge in [0, 0.05) is 35.9 Å². The lowest BCUT2D eigenvalue weighted by Crippen LogP contribution is -2.04. The number of hydrogen-bond donors (Lipinski definition) is 2. The number of aryl methyl sites for hydroxylation is 2. The Morgan fingerprint density at radius 3 is 2.85 bits per heavy atom. The Kier molecular flexibility index (Phi) is 3.48. The maximum Gasteiger partial charge on any atom is 0.137 e. The number of hydrogen-bond acceptors (Lipinski definition) is 4. The minimum Gasteiger partial charge on any atom is -0.346 e. The van der Waals surface area contributed by atoms with Crippen molar-refractivity contribution in [3.8, 4) is 11.4 Å². The van der Waals surface area contributed by atoms with Crippen LogP contribution < -0.4 is 0 Å². The van der Waals surface area contributed by atoms with Crippen molar-refractivity contribution in [2.45, 2.75) is 19.4 Å². The summed E-state index contributed by atoms with van der Waals surface area (Å²) in [6, 6.07) is 10.1. The molecule has 5 heterocycles. The second kappa shape index (κ2) is 6.11. The van der Waals surface area contributed by atoms with Crippen LogP contribution in [-0.4, -0.2) is 34.9 Å². The van der Waals surface area contributed by atoms with Crippen LogP contribution in [0, 0.1) is 0 Å². The SMILES string of the molecule is c1cnc2[nH]c(-c3cnnn3CCCc3c[nH]c4ncccc34)cc2c1. The van der Waals surface area contributed by atoms with E-state index in [1.165, 1.54) is 10.9 Å². The zero-order valence-electron chi connectivity index (χ0n) is 14.1. The van der Waals surface area contributed by atoms with Gasteiger partial charge in [-0.15, -0.1) is 5.10 Å². The van der Waals surface area contributed by atoms with Crippen molar-refractivity contribution in [1.82, 2.24) is 34.9 Å². The molecule has 5 aromatic heterocycles. The van der Waals surface area contributed by atoms with Crippen molar-refractivity contribution in [3.63, 3.8) is 0 Å². The third-order valence-corrected chi connectivity index (χ3v) is 4.64. The molecule has 0 aromatic carbocycles. The Labute approximate surface area is 149 Å². The van der Waals surface area contributed by atoms with Gasteiger partial charge in [-0.1, -0.05) is 5.21 Å². The average Bonchev–Trinajstić information content (AvgIpc) is 3.39. The predicted molar refractivity (Wildman–Crippen MR) is 99.5 cm³/mol. The molecule has 128 valence electrons. The summed E-state index contributed by atoms with van der Waals surface area (Å²) >= 11 is 0. The van der Waals surface area contributed by atoms with Crippen LogP contribution in [0.5, 0.6) is 0 Å². The number of nitrogens with zero attached hydrogens (tertiary/aromatic N) is 5. The minimum absolute atomic E-state index is 0.797. The largest absolute Gasteiger partial charge is 0.346 e. The molecular formula is C19H17N7. The molecule has 0 aliphatic rings. The molecule has 0 amide bonds. The fourth-order valence-corrected chi connectivity index (χ4v) is 3.37. The number of H-pyrrole nitrogens is 2. The molecule has 7 nitrogen and oxygen atoms in total. The molecule has 2 N–H and O–H groups in total. The molecule has 0 saturated heterocycles. The Balaban J connectivity index is 1.35. The first-order valence-electron chi connectivity index (χ1n) is 8.62. The standard InChI is InChI=1S/C19H17N7/c1-4-13-10-16(24-18(13)20-7-1)17-12-23-25-26(17)9-3-5-14-11-22-19-15(14)6-2-8-21-19/h1-2,4,6-8,10-12H,3,5,9H2,(H,20,24)(H,21,22). The highest BCUT2D eigenvalue weighted by Crippen LogP contribution is 2.23. The van der Waals surface area contributed by atoms with Gasteiger partial charge in [-0.25, -0.2) is 14.6 Å². The quantitative estimate of drug-likeness (QED) is 0.512. The zero-order valence-corrected chi connectivity index (χ0v) is 14.1. The van der Waals surface area contributed by atoms with E-state index < -0.39 is 0 Å². The fraction of sp³-hybridized carbons (Fsp3) is 0.158. The lowest BCUT2D eigenvalue weighted by molar-refractivity contribution is 0.564. The van der Waals surface area contributed by atoms with Gasteiger partial charge in [0.1, 0.15) is 17.0 Å². The maximum atomic E-state index is 4.35. The molecule has 26 heavy (non-hydrogen) atoms. The van der Waals surface area contributed by atoms with Crippen LogP contribution in [0.3, 0.4) is 0 Å². The van der Waals surface area contributed by atoms with Crippen LogP contribution in [0.4, 0.5) is 0 Å². The Hall–Kier alpha value is -3.48. The summed E-state index contributed by atoms with van der Waals surface area (Å²) in [4.78, 5) is 15.3. The predicted octanol–water partition coefficient (Wildman–Crippen LogP) is 3.33. The number of rotatable bonds is 5. The first-order valence-corrected chi connectivity index (χ1v) is 8.62. The van der Waals surface area contributed by atoms with Gasteiger partial charge >= 0.3 is 0 Å². The zero-order chi connectivity index (χ0) is 17.3. The first kappa shape index (κ1) is 14.8. The molecule has 0 spiro atoms. The fourth-order valence-electron chi connectivity index (χ4n) is 3.37. The lowest BCUT2D eigenvalue weighted by atomic mass is 10.1. The van der Waals surface area contributed by atoms with Crippen LogP contribution in [0.25, 0.3) is 33.5 Å². The van der Waals surface area contributed by atoms with Crippen molar-refractivity contribution >= 4 is 22.1 Å². The molecular weight excluding hydrogens is 326 g/mol. The number of pyridine rings is 2. The van der Waals surface area contributed by atoms with E-state index in [4.69, 9.17) is 0 Å². The van der Waals surface area contributed by atoms with Crippen LogP contribution in [-0.2, 0) is 13.0 Å². The van der Waals surface area contributed by atoms with Crippen LogP contribution in [0.1, 0.15) is 12.0 Å². The highest BCUT2D eigenvalue weighted by Gasteiger charge is 2.11. The Morgan fingerprint density at radius 1 is 1.04 bits per heavy atom. The van der Waals surface area contributed by atoms with Gasteiger partial charge in [-0.3, -0.25) is 0 Å². The summed E-state index contributed by atoms with van der Waals surface area (Å²) in [7, 11) is 0. The lowest BCUT2D eigenvalue weighted by Gasteiger charge is -2.04. The van der Waals surface area contributed by atoms with Gasteiger partial charge in [0.25, 0.3) is 0 Å². The van der Waals surface area contributed by atoms with Crippen molar-refractivity contribution < 1.29 is 0 Å². The monoisotopic (exact) mass is 343 g/mol. The second-order valence-electron chi connectivity index (χ2n) is 6.28. The molecule has 0 aliphatic carbocycles. The summed E-state index contributed by atoms with van der Waals surface area (Å²) in [5, 5.41) is 10.6. The summed E-state index contributed by atoms with van der Waals surface area (Å²) in [5.74, 6) is 0. The van der Waals surface area contributed by atoms with Crippen LogP contribution in [0.2, 0.25) is 0 Å². The molecule has 5 aromatic rings. The summed E-state index contributed by atoms with van der Waals surface area (Å²) in [6.07, 6.45) is 9.35. The van der Waals surface area contributed by atoms with E-state index in [0.717, 1.165) is 47.5 Å². The Morgan fingerprint density at radius 2 is 1.92 bits per heavy atom. The van der Waals surface area contributed by atoms with E-state index in [9.17, 15) is 0 Å². The van der Waals surface area contributed by atoms with Gasteiger partial charge in [0.15, 0.2) is 0 Å². The van der Waals surface area contributed by atoms with Crippen molar-refractivity contribution in [2.75, 3.05) is 0 Å². The van der Waals surface area contributed by atoms with Crippen molar-refractivity contribution in [3.05, 3.63) is 60.7 Å². The highest BCUT2D eigenvalue weighted by atomic mass is 15.4. The third kappa shape index (κ3) is 2.54. The molecule has 0 aliphatic heterocycles. The topological polar surface area (TPSA) is 88.1 Å². The smallest absolute Gasteiger partial charge is 0.137 e. The average molecular weight is 343 g/mol. The summed E-state index contributed by atoms with van der Waals surface area (Å²) < 4.78 is 1.94. The van der Waals surface area contributed by atoms with Gasteiger partial charge < -0.3 is 9.97 Å². The second-order valence-corrected chi connectivity index (χ2v) is 6.28. The van der Waals surface area contributed by atoms with Crippen LogP contribution in [0.15, 0.2) is 55.1 Å². The Bertz CT molecular complexity index is 1150. The van der Waals surface area contributed by atoms with E-state index in [-0.39, 0.29) is 0 Å². The maximum absolute atomic E-state index is 4.35. The van der Waals surface area contributed by atoms with E-state index in [2.05, 4.69) is 42.4 Å². The number of aromatic amines is 2. The molecule has 0 saturated carbocycles. The van der Waals surface area contributed by atoms with E-state index in [1.807, 2.05) is 29.1 Å². The summed E-state index contributed by atoms with van der Waals surface area (Å²) in [6.45, 7) is 0.797. The van der Waals surface area contributed by atoms with Gasteiger partial charge in [0.2, 0.25) is 0 Å². The highest BCUT2D eigenvalue weighted by molar-refractivity contribution is 5.82. The molecule has 0 unspecified atom stereocenters. The molecule has 0 radical (unpaired) electrons. The molecule has 0 bridgehead atoms. The van der Waals surface area contributed by atoms with E-state index in [1.54, 1.807) is 18.6 Å². The van der Waals surface area contributed by atoms with Gasteiger partial charge in [0.05, 0.1) is 11.9 Å². The first-order chi connectivity index (χ1) is 12.9. The molecule has 7 heteroatoms. The number of fused-ring (bicyclic) bond motifs is 2. The number of nitrogens with one attached hydrogen (secondary N) is 2. The molecule has 0 fully saturated rings. The minimum atomic E-state index is 0.797.